The minimum Gasteiger partial charge on any atom is -0.468 e. The van der Waals surface area contributed by atoms with Crippen LogP contribution in [-0.2, 0) is 19.6 Å². The number of nitrogens with zero attached hydrogens (tertiary/aromatic N) is 1. The molecule has 1 fully saturated rings. The Labute approximate surface area is 121 Å². The number of halogens is 2. The van der Waals surface area contributed by atoms with Gasteiger partial charge in [0.25, 0.3) is 0 Å². The van der Waals surface area contributed by atoms with Crippen molar-refractivity contribution in [2.45, 2.75) is 30.0 Å². The molecule has 1 aliphatic rings. The number of esters is 1. The average Bonchev–Trinajstić information content (AvgIpc) is 2.75. The van der Waals surface area contributed by atoms with E-state index in [-0.39, 0.29) is 11.3 Å². The van der Waals surface area contributed by atoms with E-state index in [1.165, 1.54) is 6.92 Å². The van der Waals surface area contributed by atoms with Crippen molar-refractivity contribution in [1.29, 1.82) is 0 Å². The number of carbonyl (C=O) groups is 1. The van der Waals surface area contributed by atoms with Gasteiger partial charge in [0.05, 0.1) is 12.0 Å². The molecule has 1 saturated heterocycles. The number of alkyl halides is 1. The fraction of sp³-hybridized carbons (Fsp3) is 0.462. The Balaban J connectivity index is 2.47. The first-order chi connectivity index (χ1) is 9.71. The maximum absolute atomic E-state index is 13.7. The minimum absolute atomic E-state index is 0.201. The molecule has 0 saturated carbocycles. The van der Waals surface area contributed by atoms with E-state index in [1.807, 2.05) is 0 Å². The fourth-order valence-corrected chi connectivity index (χ4v) is 4.25. The molecule has 2 rings (SSSR count). The highest BCUT2D eigenvalue weighted by Crippen LogP contribution is 2.36. The molecule has 1 heterocycles. The van der Waals surface area contributed by atoms with E-state index in [2.05, 4.69) is 4.74 Å². The van der Waals surface area contributed by atoms with E-state index in [1.54, 1.807) is 0 Å². The molecule has 2 atom stereocenters. The quantitative estimate of drug-likeness (QED) is 0.792. The predicted molar refractivity (Wildman–Crippen MR) is 70.2 cm³/mol. The Kier molecular flexibility index (Phi) is 4.03. The van der Waals surface area contributed by atoms with Gasteiger partial charge in [-0.05, 0) is 31.2 Å². The van der Waals surface area contributed by atoms with Gasteiger partial charge in [0.15, 0.2) is 0 Å². The zero-order valence-electron chi connectivity index (χ0n) is 11.5. The molecular weight excluding hydrogens is 304 g/mol. The van der Waals surface area contributed by atoms with Gasteiger partial charge in [0, 0.05) is 13.0 Å². The van der Waals surface area contributed by atoms with Crippen molar-refractivity contribution in [3.05, 3.63) is 30.1 Å². The van der Waals surface area contributed by atoms with Crippen molar-refractivity contribution in [2.75, 3.05) is 13.7 Å². The van der Waals surface area contributed by atoms with Gasteiger partial charge in [-0.25, -0.2) is 17.2 Å². The number of methoxy groups -OCH3 is 1. The summed E-state index contributed by atoms with van der Waals surface area (Å²) in [5.74, 6) is -1.41. The van der Waals surface area contributed by atoms with Gasteiger partial charge in [-0.3, -0.25) is 4.79 Å². The van der Waals surface area contributed by atoms with Crippen molar-refractivity contribution < 1.29 is 26.7 Å². The summed E-state index contributed by atoms with van der Waals surface area (Å²) in [7, 11) is -3.01. The first kappa shape index (κ1) is 15.8. The summed E-state index contributed by atoms with van der Waals surface area (Å²) < 4.78 is 57.1. The normalized spacial score (nSPS) is 26.8. The SMILES string of the molecule is COC(=O)C1(C)CC(F)CN1S(=O)(=O)c1ccc(F)cc1. The molecule has 116 valence electrons. The molecule has 1 aromatic rings. The molecule has 0 spiro atoms. The maximum Gasteiger partial charge on any atom is 0.327 e. The van der Waals surface area contributed by atoms with Crippen LogP contribution in [0.25, 0.3) is 0 Å². The van der Waals surface area contributed by atoms with Crippen molar-refractivity contribution in [3.8, 4) is 0 Å². The van der Waals surface area contributed by atoms with Crippen molar-refractivity contribution >= 4 is 16.0 Å². The monoisotopic (exact) mass is 319 g/mol. The Bertz CT molecular complexity index is 647. The van der Waals surface area contributed by atoms with Gasteiger partial charge in [-0.2, -0.15) is 4.31 Å². The van der Waals surface area contributed by atoms with E-state index in [4.69, 9.17) is 0 Å². The van der Waals surface area contributed by atoms with E-state index < -0.39 is 40.1 Å². The number of rotatable bonds is 3. The van der Waals surface area contributed by atoms with Gasteiger partial charge in [0.2, 0.25) is 10.0 Å². The van der Waals surface area contributed by atoms with Crippen LogP contribution in [0, 0.1) is 5.82 Å². The Hall–Kier alpha value is -1.54. The van der Waals surface area contributed by atoms with Gasteiger partial charge in [-0.1, -0.05) is 0 Å². The lowest BCUT2D eigenvalue weighted by Gasteiger charge is -2.31. The number of sulfonamides is 1. The van der Waals surface area contributed by atoms with Crippen LogP contribution >= 0.6 is 0 Å². The van der Waals surface area contributed by atoms with E-state index in [9.17, 15) is 22.0 Å². The summed E-state index contributed by atoms with van der Waals surface area (Å²) in [4.78, 5) is 11.7. The molecule has 0 N–H and O–H groups in total. The van der Waals surface area contributed by atoms with Crippen molar-refractivity contribution in [2.24, 2.45) is 0 Å². The number of hydrogen-bond donors (Lipinski definition) is 0. The second-order valence-corrected chi connectivity index (χ2v) is 6.92. The number of ether oxygens (including phenoxy) is 1. The number of benzene rings is 1. The Morgan fingerprint density at radius 2 is 1.95 bits per heavy atom. The third-order valence-corrected chi connectivity index (χ3v) is 5.56. The Morgan fingerprint density at radius 1 is 1.38 bits per heavy atom. The third kappa shape index (κ3) is 2.65. The fourth-order valence-electron chi connectivity index (χ4n) is 2.48. The lowest BCUT2D eigenvalue weighted by molar-refractivity contribution is -0.150. The molecule has 2 unspecified atom stereocenters. The molecular formula is C13H15F2NO4S. The highest BCUT2D eigenvalue weighted by Gasteiger charge is 2.54. The molecule has 21 heavy (non-hydrogen) atoms. The van der Waals surface area contributed by atoms with Crippen LogP contribution in [0.15, 0.2) is 29.2 Å². The molecule has 5 nitrogen and oxygen atoms in total. The molecule has 0 aliphatic carbocycles. The van der Waals surface area contributed by atoms with Gasteiger partial charge >= 0.3 is 5.97 Å². The summed E-state index contributed by atoms with van der Waals surface area (Å²) in [6, 6.07) is 4.14. The lowest BCUT2D eigenvalue weighted by Crippen LogP contribution is -2.51. The number of hydrogen-bond acceptors (Lipinski definition) is 4. The van der Waals surface area contributed by atoms with Crippen LogP contribution in [0.5, 0.6) is 0 Å². The second kappa shape index (κ2) is 5.34. The first-order valence-corrected chi connectivity index (χ1v) is 7.67. The third-order valence-electron chi connectivity index (χ3n) is 3.56. The summed E-state index contributed by atoms with van der Waals surface area (Å²) in [5.41, 5.74) is -1.61. The lowest BCUT2D eigenvalue weighted by atomic mass is 10.0. The molecule has 0 radical (unpaired) electrons. The standard InChI is InChI=1S/C13H15F2NO4S/c1-13(12(17)20-2)7-10(15)8-16(13)21(18,19)11-5-3-9(14)4-6-11/h3-6,10H,7-8H2,1-2H3. The topological polar surface area (TPSA) is 63.7 Å². The van der Waals surface area contributed by atoms with Crippen LogP contribution < -0.4 is 0 Å². The predicted octanol–water partition coefficient (Wildman–Crippen LogP) is 1.49. The summed E-state index contributed by atoms with van der Waals surface area (Å²) in [6.45, 7) is 0.880. The molecule has 8 heteroatoms. The molecule has 1 aromatic carbocycles. The van der Waals surface area contributed by atoms with Crippen LogP contribution in [0.4, 0.5) is 8.78 Å². The minimum atomic E-state index is -4.13. The Morgan fingerprint density at radius 3 is 2.48 bits per heavy atom. The molecule has 0 aromatic heterocycles. The summed E-state index contributed by atoms with van der Waals surface area (Å²) in [5, 5.41) is 0. The van der Waals surface area contributed by atoms with Crippen LogP contribution in [0.1, 0.15) is 13.3 Å². The van der Waals surface area contributed by atoms with Gasteiger partial charge in [0.1, 0.15) is 17.5 Å². The van der Waals surface area contributed by atoms with Crippen LogP contribution in [-0.4, -0.2) is 44.1 Å². The number of carbonyl (C=O) groups excluding carboxylic acids is 1. The van der Waals surface area contributed by atoms with E-state index in [0.29, 0.717) is 0 Å². The molecule has 0 bridgehead atoms. The largest absolute Gasteiger partial charge is 0.468 e. The van der Waals surface area contributed by atoms with E-state index >= 15 is 0 Å². The van der Waals surface area contributed by atoms with Gasteiger partial charge in [-0.15, -0.1) is 0 Å². The summed E-state index contributed by atoms with van der Waals surface area (Å²) >= 11 is 0. The second-order valence-electron chi connectivity index (χ2n) is 5.06. The zero-order valence-corrected chi connectivity index (χ0v) is 12.4. The average molecular weight is 319 g/mol. The van der Waals surface area contributed by atoms with Gasteiger partial charge < -0.3 is 4.74 Å². The van der Waals surface area contributed by atoms with Crippen molar-refractivity contribution in [3.63, 3.8) is 0 Å². The molecule has 1 aliphatic heterocycles. The molecule has 0 amide bonds. The highest BCUT2D eigenvalue weighted by molar-refractivity contribution is 7.89. The van der Waals surface area contributed by atoms with Crippen LogP contribution in [0.3, 0.4) is 0 Å². The van der Waals surface area contributed by atoms with E-state index in [0.717, 1.165) is 35.7 Å². The maximum atomic E-state index is 13.7. The highest BCUT2D eigenvalue weighted by atomic mass is 32.2. The zero-order chi connectivity index (χ0) is 15.8. The van der Waals surface area contributed by atoms with Crippen molar-refractivity contribution in [1.82, 2.24) is 4.31 Å². The smallest absolute Gasteiger partial charge is 0.327 e. The van der Waals surface area contributed by atoms with Crippen LogP contribution in [0.2, 0.25) is 0 Å². The summed E-state index contributed by atoms with van der Waals surface area (Å²) in [6.07, 6.45) is -1.75. The first-order valence-electron chi connectivity index (χ1n) is 6.22.